The average molecular weight is 533 g/mol. The summed E-state index contributed by atoms with van der Waals surface area (Å²) in [5, 5.41) is 12.4. The third-order valence-electron chi connectivity index (χ3n) is 6.74. The number of pyridine rings is 2. The molecule has 0 atom stereocenters. The summed E-state index contributed by atoms with van der Waals surface area (Å²) in [5.41, 5.74) is 7.97. The van der Waals surface area contributed by atoms with Crippen LogP contribution in [0.15, 0.2) is 73.2 Å². The number of nitrogens with zero attached hydrogens (tertiary/aromatic N) is 3. The monoisotopic (exact) mass is 532 g/mol. The molecule has 8 heteroatoms. The molecule has 40 heavy (non-hydrogen) atoms. The van der Waals surface area contributed by atoms with Gasteiger partial charge in [-0.3, -0.25) is 14.9 Å². The molecule has 200 valence electrons. The highest BCUT2D eigenvalue weighted by molar-refractivity contribution is 6.01. The summed E-state index contributed by atoms with van der Waals surface area (Å²) in [4.78, 5) is 24.9. The number of carbonyl (C=O) groups excluding carboxylic acids is 1. The zero-order valence-corrected chi connectivity index (χ0v) is 22.8. The van der Waals surface area contributed by atoms with Gasteiger partial charge < -0.3 is 10.3 Å². The molecule has 0 spiro atoms. The van der Waals surface area contributed by atoms with Gasteiger partial charge >= 0.3 is 0 Å². The summed E-state index contributed by atoms with van der Waals surface area (Å²) >= 11 is 0. The van der Waals surface area contributed by atoms with E-state index in [1.165, 1.54) is 6.07 Å². The van der Waals surface area contributed by atoms with Crippen LogP contribution in [0.4, 0.5) is 10.1 Å². The van der Waals surface area contributed by atoms with Crippen molar-refractivity contribution in [3.8, 4) is 33.6 Å². The molecule has 0 saturated carbocycles. The smallest absolute Gasteiger partial charge is 0.224 e. The number of aromatic nitrogens is 5. The SMILES string of the molecule is Cc1cc(F)cc(-c2cccc3[nH]c(-c4n[nH]c5ncc(-c6cncc(NC(=O)CC(C)(C)C)c6)cc45)cc23)c1. The van der Waals surface area contributed by atoms with Crippen LogP contribution in [0.5, 0.6) is 0 Å². The number of nitrogens with one attached hydrogen (secondary N) is 3. The van der Waals surface area contributed by atoms with Crippen molar-refractivity contribution in [2.24, 2.45) is 5.41 Å². The Kier molecular flexibility index (Phi) is 6.18. The molecule has 0 radical (unpaired) electrons. The molecular formula is C32H29FN6O. The number of hydrogen-bond donors (Lipinski definition) is 3. The van der Waals surface area contributed by atoms with E-state index in [0.717, 1.165) is 55.5 Å². The van der Waals surface area contributed by atoms with Gasteiger partial charge in [-0.05, 0) is 65.4 Å². The van der Waals surface area contributed by atoms with E-state index in [-0.39, 0.29) is 17.1 Å². The molecule has 6 aromatic rings. The van der Waals surface area contributed by atoms with Gasteiger partial charge in [-0.15, -0.1) is 0 Å². The van der Waals surface area contributed by atoms with Crippen molar-refractivity contribution >= 4 is 33.5 Å². The minimum Gasteiger partial charge on any atom is -0.353 e. The first-order valence-electron chi connectivity index (χ1n) is 13.1. The van der Waals surface area contributed by atoms with E-state index in [9.17, 15) is 9.18 Å². The second-order valence-electron chi connectivity index (χ2n) is 11.4. The van der Waals surface area contributed by atoms with E-state index in [2.05, 4.69) is 30.5 Å². The Hall–Kier alpha value is -4.85. The van der Waals surface area contributed by atoms with Gasteiger partial charge in [-0.2, -0.15) is 5.10 Å². The number of carbonyl (C=O) groups is 1. The summed E-state index contributed by atoms with van der Waals surface area (Å²) < 4.78 is 14.2. The molecular weight excluding hydrogens is 503 g/mol. The van der Waals surface area contributed by atoms with Crippen LogP contribution in [0.2, 0.25) is 0 Å². The molecule has 3 N–H and O–H groups in total. The number of anilines is 1. The second kappa shape index (κ2) is 9.72. The molecule has 6 rings (SSSR count). The lowest BCUT2D eigenvalue weighted by Gasteiger charge is -2.17. The molecule has 0 aliphatic carbocycles. The van der Waals surface area contributed by atoms with Crippen LogP contribution < -0.4 is 5.32 Å². The number of amides is 1. The third-order valence-corrected chi connectivity index (χ3v) is 6.74. The fourth-order valence-electron chi connectivity index (χ4n) is 5.05. The van der Waals surface area contributed by atoms with Crippen molar-refractivity contribution in [2.45, 2.75) is 34.1 Å². The lowest BCUT2D eigenvalue weighted by atomic mass is 9.92. The van der Waals surface area contributed by atoms with E-state index in [1.807, 2.05) is 70.2 Å². The molecule has 4 aromatic heterocycles. The lowest BCUT2D eigenvalue weighted by molar-refractivity contribution is -0.117. The van der Waals surface area contributed by atoms with Crippen LogP contribution in [-0.2, 0) is 4.79 Å². The maximum atomic E-state index is 14.2. The lowest BCUT2D eigenvalue weighted by Crippen LogP contribution is -2.19. The van der Waals surface area contributed by atoms with E-state index in [4.69, 9.17) is 0 Å². The third kappa shape index (κ3) is 5.08. The Morgan fingerprint density at radius 1 is 0.950 bits per heavy atom. The number of hydrogen-bond acceptors (Lipinski definition) is 4. The zero-order valence-electron chi connectivity index (χ0n) is 22.8. The van der Waals surface area contributed by atoms with Gasteiger partial charge in [0, 0.05) is 46.2 Å². The first-order valence-corrected chi connectivity index (χ1v) is 13.1. The fraction of sp³-hybridized carbons (Fsp3) is 0.188. The average Bonchev–Trinajstić information content (AvgIpc) is 3.50. The molecule has 0 aliphatic rings. The number of aromatic amines is 2. The molecule has 0 aliphatic heterocycles. The number of H-pyrrole nitrogens is 2. The molecule has 2 aromatic carbocycles. The van der Waals surface area contributed by atoms with Gasteiger partial charge in [0.2, 0.25) is 5.91 Å². The molecule has 7 nitrogen and oxygen atoms in total. The molecule has 1 amide bonds. The summed E-state index contributed by atoms with van der Waals surface area (Å²) in [6.07, 6.45) is 5.56. The minimum atomic E-state index is -0.257. The molecule has 0 saturated heterocycles. The normalized spacial score (nSPS) is 11.8. The highest BCUT2D eigenvalue weighted by Gasteiger charge is 2.18. The summed E-state index contributed by atoms with van der Waals surface area (Å²) in [5.74, 6) is -0.310. The van der Waals surface area contributed by atoms with Crippen LogP contribution in [0, 0.1) is 18.2 Å². The van der Waals surface area contributed by atoms with Crippen molar-refractivity contribution < 1.29 is 9.18 Å². The predicted molar refractivity (Wildman–Crippen MR) is 157 cm³/mol. The Balaban J connectivity index is 1.37. The van der Waals surface area contributed by atoms with Crippen LogP contribution in [0.25, 0.3) is 55.6 Å². The molecule has 0 fully saturated rings. The summed E-state index contributed by atoms with van der Waals surface area (Å²) in [7, 11) is 0. The van der Waals surface area contributed by atoms with Crippen LogP contribution in [0.3, 0.4) is 0 Å². The zero-order chi connectivity index (χ0) is 28.0. The van der Waals surface area contributed by atoms with E-state index < -0.39 is 0 Å². The number of rotatable bonds is 5. The Labute approximate surface area is 230 Å². The van der Waals surface area contributed by atoms with Crippen LogP contribution in [-0.4, -0.2) is 31.1 Å². The van der Waals surface area contributed by atoms with Gasteiger partial charge in [0.25, 0.3) is 0 Å². The second-order valence-corrected chi connectivity index (χ2v) is 11.4. The predicted octanol–water partition coefficient (Wildman–Crippen LogP) is 7.66. The Morgan fingerprint density at radius 3 is 2.58 bits per heavy atom. The quantitative estimate of drug-likeness (QED) is 0.212. The topological polar surface area (TPSA) is 99.3 Å². The number of benzene rings is 2. The number of aryl methyl sites for hydroxylation is 1. The summed E-state index contributed by atoms with van der Waals surface area (Å²) in [6, 6.07) is 17.0. The maximum Gasteiger partial charge on any atom is 0.224 e. The van der Waals surface area contributed by atoms with E-state index in [1.54, 1.807) is 24.7 Å². The molecule has 4 heterocycles. The van der Waals surface area contributed by atoms with Crippen LogP contribution in [0.1, 0.15) is 32.8 Å². The standard InChI is InChI=1S/C32H29FN6O/c1-18-8-19(10-22(33)9-18)24-6-5-7-27-25(24)13-28(37-27)30-26-12-21(16-35-31(26)39-38-30)20-11-23(17-34-15-20)36-29(40)14-32(2,3)4/h5-13,15-17,37H,14H2,1-4H3,(H,36,40)(H,35,38,39). The highest BCUT2D eigenvalue weighted by Crippen LogP contribution is 2.35. The van der Waals surface area contributed by atoms with Gasteiger partial charge in [-0.1, -0.05) is 39.0 Å². The number of halogens is 1. The summed E-state index contributed by atoms with van der Waals surface area (Å²) in [6.45, 7) is 7.98. The van der Waals surface area contributed by atoms with Gasteiger partial charge in [0.15, 0.2) is 5.65 Å². The van der Waals surface area contributed by atoms with Crippen LogP contribution >= 0.6 is 0 Å². The Morgan fingerprint density at radius 2 is 1.77 bits per heavy atom. The van der Waals surface area contributed by atoms with Gasteiger partial charge in [-0.25, -0.2) is 9.37 Å². The first-order chi connectivity index (χ1) is 19.1. The highest BCUT2D eigenvalue weighted by atomic mass is 19.1. The van der Waals surface area contributed by atoms with Crippen molar-refractivity contribution in [3.05, 3.63) is 84.6 Å². The molecule has 0 bridgehead atoms. The fourth-order valence-corrected chi connectivity index (χ4v) is 5.05. The van der Waals surface area contributed by atoms with Crippen molar-refractivity contribution in [2.75, 3.05) is 5.32 Å². The van der Waals surface area contributed by atoms with Crippen molar-refractivity contribution in [1.29, 1.82) is 0 Å². The van der Waals surface area contributed by atoms with Crippen molar-refractivity contribution in [3.63, 3.8) is 0 Å². The first kappa shape index (κ1) is 25.4. The largest absolute Gasteiger partial charge is 0.353 e. The van der Waals surface area contributed by atoms with Crippen molar-refractivity contribution in [1.82, 2.24) is 25.1 Å². The number of fused-ring (bicyclic) bond motifs is 2. The van der Waals surface area contributed by atoms with E-state index in [0.29, 0.717) is 17.8 Å². The minimum absolute atomic E-state index is 0.0521. The Bertz CT molecular complexity index is 1880. The molecule has 0 unspecified atom stereocenters. The maximum absolute atomic E-state index is 14.2. The van der Waals surface area contributed by atoms with Gasteiger partial charge in [0.05, 0.1) is 17.6 Å². The van der Waals surface area contributed by atoms with E-state index >= 15 is 0 Å². The van der Waals surface area contributed by atoms with Gasteiger partial charge in [0.1, 0.15) is 11.5 Å².